The van der Waals surface area contributed by atoms with Crippen molar-refractivity contribution in [1.29, 1.82) is 0 Å². The van der Waals surface area contributed by atoms with Crippen molar-refractivity contribution in [2.75, 3.05) is 31.6 Å². The molecule has 2 aliphatic rings. The normalized spacial score (nSPS) is 20.0. The van der Waals surface area contributed by atoms with E-state index < -0.39 is 0 Å². The van der Waals surface area contributed by atoms with Crippen molar-refractivity contribution >= 4 is 11.6 Å². The van der Waals surface area contributed by atoms with Crippen LogP contribution in [0.4, 0.5) is 5.69 Å². The molecule has 2 aliphatic heterocycles. The highest BCUT2D eigenvalue weighted by atomic mass is 16.6. The third-order valence-electron chi connectivity index (χ3n) is 4.93. The van der Waals surface area contributed by atoms with Gasteiger partial charge in [-0.15, -0.1) is 0 Å². The molecule has 0 aliphatic carbocycles. The molecular formula is C19H24N4O3. The van der Waals surface area contributed by atoms with Crippen LogP contribution in [-0.4, -0.2) is 47.3 Å². The second-order valence-electron chi connectivity index (χ2n) is 6.89. The van der Waals surface area contributed by atoms with Crippen LogP contribution in [-0.2, 0) is 11.3 Å². The number of benzene rings is 1. The number of carbonyl (C=O) groups is 1. The maximum absolute atomic E-state index is 11.4. The fraction of sp³-hybridized carbons (Fsp3) is 0.474. The molecular weight excluding hydrogens is 332 g/mol. The van der Waals surface area contributed by atoms with E-state index in [1.165, 1.54) is 6.92 Å². The van der Waals surface area contributed by atoms with Crippen molar-refractivity contribution in [2.45, 2.75) is 32.2 Å². The summed E-state index contributed by atoms with van der Waals surface area (Å²) < 4.78 is 11.5. The van der Waals surface area contributed by atoms with E-state index in [1.807, 2.05) is 12.1 Å². The fourth-order valence-electron chi connectivity index (χ4n) is 3.83. The second kappa shape index (κ2) is 7.37. The van der Waals surface area contributed by atoms with Crippen molar-refractivity contribution < 1.29 is 14.3 Å². The van der Waals surface area contributed by atoms with Crippen LogP contribution in [0.5, 0.6) is 11.5 Å². The Morgan fingerprint density at radius 3 is 3.15 bits per heavy atom. The first-order valence-electron chi connectivity index (χ1n) is 9.11. The van der Waals surface area contributed by atoms with Gasteiger partial charge in [0, 0.05) is 31.5 Å². The number of nitrogens with zero attached hydrogens (tertiary/aromatic N) is 2. The maximum atomic E-state index is 11.4. The van der Waals surface area contributed by atoms with E-state index in [9.17, 15) is 4.79 Å². The summed E-state index contributed by atoms with van der Waals surface area (Å²) in [5.41, 5.74) is 2.97. The van der Waals surface area contributed by atoms with Gasteiger partial charge >= 0.3 is 0 Å². The van der Waals surface area contributed by atoms with E-state index in [1.54, 1.807) is 6.20 Å². The lowest BCUT2D eigenvalue weighted by atomic mass is 9.93. The Morgan fingerprint density at radius 2 is 2.27 bits per heavy atom. The monoisotopic (exact) mass is 356 g/mol. The number of hydrogen-bond donors (Lipinski definition) is 2. The zero-order chi connectivity index (χ0) is 17.9. The Hall–Kier alpha value is -2.54. The average molecular weight is 356 g/mol. The minimum atomic E-state index is -0.0756. The highest BCUT2D eigenvalue weighted by molar-refractivity contribution is 5.89. The zero-order valence-corrected chi connectivity index (χ0v) is 15.0. The number of aromatic amines is 1. The standard InChI is InChI=1S/C19H24N4O3/c1-13(24)21-16-10-20-22-18(16)14-5-3-7-23(11-14)12-15-4-2-6-17-19(15)26-9-8-25-17/h2,4,6,10,14H,3,5,7-9,11-12H2,1H3,(H,20,22)(H,21,24)/t14-/m0/s1. The lowest BCUT2D eigenvalue weighted by Gasteiger charge is -2.33. The second-order valence-corrected chi connectivity index (χ2v) is 6.89. The molecule has 1 atom stereocenters. The predicted octanol–water partition coefficient (Wildman–Crippen LogP) is 2.52. The largest absolute Gasteiger partial charge is 0.486 e. The molecule has 3 heterocycles. The van der Waals surface area contributed by atoms with Crippen LogP contribution in [0.1, 0.15) is 36.9 Å². The number of hydrogen-bond acceptors (Lipinski definition) is 5. The summed E-state index contributed by atoms with van der Waals surface area (Å²) in [4.78, 5) is 13.8. The highest BCUT2D eigenvalue weighted by Crippen LogP contribution is 2.36. The lowest BCUT2D eigenvalue weighted by molar-refractivity contribution is -0.114. The van der Waals surface area contributed by atoms with Crippen LogP contribution in [0.15, 0.2) is 24.4 Å². The van der Waals surface area contributed by atoms with Crippen molar-refractivity contribution in [3.63, 3.8) is 0 Å². The predicted molar refractivity (Wildman–Crippen MR) is 97.6 cm³/mol. The fourth-order valence-corrected chi connectivity index (χ4v) is 3.83. The summed E-state index contributed by atoms with van der Waals surface area (Å²) in [5, 5.41) is 10.1. The molecule has 4 rings (SSSR count). The van der Waals surface area contributed by atoms with E-state index in [0.29, 0.717) is 19.1 Å². The minimum absolute atomic E-state index is 0.0756. The van der Waals surface area contributed by atoms with Crippen molar-refractivity contribution in [3.8, 4) is 11.5 Å². The number of ether oxygens (including phenoxy) is 2. The summed E-state index contributed by atoms with van der Waals surface area (Å²) in [6, 6.07) is 6.09. The molecule has 7 nitrogen and oxygen atoms in total. The van der Waals surface area contributed by atoms with Gasteiger partial charge in [0.15, 0.2) is 11.5 Å². The number of aromatic nitrogens is 2. The van der Waals surface area contributed by atoms with Gasteiger partial charge in [-0.25, -0.2) is 0 Å². The molecule has 0 bridgehead atoms. The Balaban J connectivity index is 1.48. The number of nitrogens with one attached hydrogen (secondary N) is 2. The number of para-hydroxylation sites is 1. The summed E-state index contributed by atoms with van der Waals surface area (Å²) in [7, 11) is 0. The number of rotatable bonds is 4. The molecule has 1 aromatic carbocycles. The van der Waals surface area contributed by atoms with Crippen molar-refractivity contribution in [3.05, 3.63) is 35.7 Å². The summed E-state index contributed by atoms with van der Waals surface area (Å²) in [5.74, 6) is 1.96. The lowest BCUT2D eigenvalue weighted by Crippen LogP contribution is -2.34. The van der Waals surface area contributed by atoms with E-state index in [2.05, 4.69) is 26.5 Å². The Labute approximate surface area is 152 Å². The Kier molecular flexibility index (Phi) is 4.79. The van der Waals surface area contributed by atoms with Crippen LogP contribution in [0, 0.1) is 0 Å². The molecule has 0 saturated carbocycles. The molecule has 138 valence electrons. The molecule has 0 unspecified atom stereocenters. The minimum Gasteiger partial charge on any atom is -0.486 e. The first kappa shape index (κ1) is 16.9. The number of anilines is 1. The van der Waals surface area contributed by atoms with Gasteiger partial charge in [0.05, 0.1) is 17.6 Å². The first-order valence-corrected chi connectivity index (χ1v) is 9.11. The molecule has 1 aromatic heterocycles. The van der Waals surface area contributed by atoms with Gasteiger partial charge < -0.3 is 14.8 Å². The van der Waals surface area contributed by atoms with Crippen LogP contribution in [0.25, 0.3) is 0 Å². The molecule has 1 fully saturated rings. The van der Waals surface area contributed by atoms with Gasteiger partial charge in [-0.2, -0.15) is 5.10 Å². The van der Waals surface area contributed by atoms with E-state index in [4.69, 9.17) is 9.47 Å². The van der Waals surface area contributed by atoms with E-state index >= 15 is 0 Å². The summed E-state index contributed by atoms with van der Waals surface area (Å²) in [6.45, 7) is 5.51. The summed E-state index contributed by atoms with van der Waals surface area (Å²) in [6.07, 6.45) is 3.88. The van der Waals surface area contributed by atoms with Gasteiger partial charge in [-0.3, -0.25) is 14.8 Å². The molecule has 2 aromatic rings. The van der Waals surface area contributed by atoms with Crippen LogP contribution in [0.2, 0.25) is 0 Å². The van der Waals surface area contributed by atoms with Crippen LogP contribution >= 0.6 is 0 Å². The Morgan fingerprint density at radius 1 is 1.38 bits per heavy atom. The third kappa shape index (κ3) is 3.53. The number of carbonyl (C=O) groups excluding carboxylic acids is 1. The number of fused-ring (bicyclic) bond motifs is 1. The molecule has 7 heteroatoms. The Bertz CT molecular complexity index is 789. The summed E-state index contributed by atoms with van der Waals surface area (Å²) >= 11 is 0. The topological polar surface area (TPSA) is 79.5 Å². The van der Waals surface area contributed by atoms with Crippen molar-refractivity contribution in [1.82, 2.24) is 15.1 Å². The average Bonchev–Trinajstić information content (AvgIpc) is 3.10. The smallest absolute Gasteiger partial charge is 0.221 e. The van der Waals surface area contributed by atoms with Gasteiger partial charge in [-0.1, -0.05) is 12.1 Å². The number of H-pyrrole nitrogens is 1. The van der Waals surface area contributed by atoms with Gasteiger partial charge in [0.2, 0.25) is 5.91 Å². The van der Waals surface area contributed by atoms with Gasteiger partial charge in [0.25, 0.3) is 0 Å². The maximum Gasteiger partial charge on any atom is 0.221 e. The molecule has 2 N–H and O–H groups in total. The molecule has 0 spiro atoms. The molecule has 0 radical (unpaired) electrons. The molecule has 26 heavy (non-hydrogen) atoms. The first-order chi connectivity index (χ1) is 12.7. The van der Waals surface area contributed by atoms with E-state index in [-0.39, 0.29) is 5.91 Å². The third-order valence-corrected chi connectivity index (χ3v) is 4.93. The van der Waals surface area contributed by atoms with E-state index in [0.717, 1.165) is 60.9 Å². The molecule has 1 amide bonds. The zero-order valence-electron chi connectivity index (χ0n) is 15.0. The van der Waals surface area contributed by atoms with Crippen LogP contribution in [0.3, 0.4) is 0 Å². The van der Waals surface area contributed by atoms with Crippen molar-refractivity contribution in [2.24, 2.45) is 0 Å². The van der Waals surface area contributed by atoms with Gasteiger partial charge in [-0.05, 0) is 25.5 Å². The SMILES string of the molecule is CC(=O)Nc1cn[nH]c1[C@H]1CCCN(Cc2cccc3c2OCCO3)C1. The number of piperidine rings is 1. The quantitative estimate of drug-likeness (QED) is 0.880. The van der Waals surface area contributed by atoms with Gasteiger partial charge in [0.1, 0.15) is 13.2 Å². The molecule has 1 saturated heterocycles. The number of amides is 1. The number of likely N-dealkylation sites (tertiary alicyclic amines) is 1. The highest BCUT2D eigenvalue weighted by Gasteiger charge is 2.26. The van der Waals surface area contributed by atoms with Crippen LogP contribution < -0.4 is 14.8 Å².